The monoisotopic (exact) mass is 232 g/mol. The predicted octanol–water partition coefficient (Wildman–Crippen LogP) is 2.27. The minimum Gasteiger partial charge on any atom is -0.343 e. The van der Waals surface area contributed by atoms with Gasteiger partial charge in [-0.3, -0.25) is 9.78 Å². The second-order valence-corrected chi connectivity index (χ2v) is 4.65. The first-order valence-corrected chi connectivity index (χ1v) is 6.49. The number of pyridine rings is 1. The van der Waals surface area contributed by atoms with E-state index in [2.05, 4.69) is 11.9 Å². The lowest BCUT2D eigenvalue weighted by Gasteiger charge is -2.31. The number of carbonyl (C=O) groups excluding carboxylic acids is 1. The van der Waals surface area contributed by atoms with Gasteiger partial charge in [0.2, 0.25) is 5.91 Å². The Morgan fingerprint density at radius 1 is 1.41 bits per heavy atom. The molecule has 1 saturated heterocycles. The number of nitrogens with zero attached hydrogens (tertiary/aromatic N) is 2. The van der Waals surface area contributed by atoms with Crippen molar-refractivity contribution in [2.75, 3.05) is 13.1 Å². The van der Waals surface area contributed by atoms with Crippen molar-refractivity contribution in [1.29, 1.82) is 0 Å². The second-order valence-electron chi connectivity index (χ2n) is 4.65. The van der Waals surface area contributed by atoms with Crippen LogP contribution in [0.3, 0.4) is 0 Å². The normalized spacial score (nSPS) is 20.6. The van der Waals surface area contributed by atoms with Crippen molar-refractivity contribution in [3.63, 3.8) is 0 Å². The minimum absolute atomic E-state index is 0.233. The first-order chi connectivity index (χ1) is 8.31. The Labute approximate surface area is 103 Å². The maximum atomic E-state index is 12.1. The van der Waals surface area contributed by atoms with Crippen LogP contribution in [0.15, 0.2) is 24.5 Å². The molecule has 0 N–H and O–H groups in total. The molecule has 1 atom stereocenters. The third-order valence-electron chi connectivity index (χ3n) is 3.55. The molecule has 1 unspecified atom stereocenters. The molecule has 1 aromatic rings. The Bertz CT molecular complexity index is 364. The lowest BCUT2D eigenvalue weighted by Crippen LogP contribution is -2.41. The van der Waals surface area contributed by atoms with Crippen molar-refractivity contribution >= 4 is 5.91 Å². The molecule has 3 heteroatoms. The number of aromatic nitrogens is 1. The molecule has 0 aromatic carbocycles. The summed E-state index contributed by atoms with van der Waals surface area (Å²) < 4.78 is 0. The van der Waals surface area contributed by atoms with Crippen LogP contribution in [0.5, 0.6) is 0 Å². The molecule has 0 saturated carbocycles. The summed E-state index contributed by atoms with van der Waals surface area (Å²) in [6.45, 7) is 3.86. The Morgan fingerprint density at radius 3 is 2.88 bits per heavy atom. The highest BCUT2D eigenvalue weighted by atomic mass is 16.2. The van der Waals surface area contributed by atoms with Crippen LogP contribution in [0, 0.1) is 5.92 Å². The highest BCUT2D eigenvalue weighted by Gasteiger charge is 2.26. The van der Waals surface area contributed by atoms with Crippen molar-refractivity contribution in [3.8, 4) is 0 Å². The minimum atomic E-state index is 0.233. The summed E-state index contributed by atoms with van der Waals surface area (Å²) in [6, 6.07) is 4.07. The van der Waals surface area contributed by atoms with Gasteiger partial charge in [-0.15, -0.1) is 0 Å². The van der Waals surface area contributed by atoms with Gasteiger partial charge in [0.05, 0.1) is 0 Å². The fraction of sp³-hybridized carbons (Fsp3) is 0.571. The summed E-state index contributed by atoms with van der Waals surface area (Å²) in [7, 11) is 0. The highest BCUT2D eigenvalue weighted by molar-refractivity contribution is 5.79. The second kappa shape index (κ2) is 5.80. The van der Waals surface area contributed by atoms with Gasteiger partial charge in [0.1, 0.15) is 0 Å². The van der Waals surface area contributed by atoms with Gasteiger partial charge >= 0.3 is 0 Å². The zero-order chi connectivity index (χ0) is 12.1. The molecule has 92 valence electrons. The van der Waals surface area contributed by atoms with Crippen molar-refractivity contribution in [2.24, 2.45) is 5.92 Å². The molecule has 1 fully saturated rings. The van der Waals surface area contributed by atoms with E-state index in [1.165, 1.54) is 5.56 Å². The zero-order valence-electron chi connectivity index (χ0n) is 10.4. The van der Waals surface area contributed by atoms with Crippen LogP contribution < -0.4 is 0 Å². The molecule has 2 heterocycles. The van der Waals surface area contributed by atoms with E-state index in [1.807, 2.05) is 29.4 Å². The molecule has 17 heavy (non-hydrogen) atoms. The van der Waals surface area contributed by atoms with Crippen molar-refractivity contribution in [3.05, 3.63) is 30.1 Å². The molecule has 3 nitrogen and oxygen atoms in total. The largest absolute Gasteiger partial charge is 0.343 e. The van der Waals surface area contributed by atoms with Crippen molar-refractivity contribution in [2.45, 2.75) is 32.6 Å². The summed E-state index contributed by atoms with van der Waals surface area (Å²) in [6.07, 6.45) is 7.80. The third-order valence-corrected chi connectivity index (χ3v) is 3.55. The predicted molar refractivity (Wildman–Crippen MR) is 67.5 cm³/mol. The van der Waals surface area contributed by atoms with E-state index >= 15 is 0 Å². The zero-order valence-corrected chi connectivity index (χ0v) is 10.4. The fourth-order valence-electron chi connectivity index (χ4n) is 2.49. The molecule has 0 bridgehead atoms. The number of amides is 1. The molecule has 1 amide bonds. The first kappa shape index (κ1) is 12.1. The third kappa shape index (κ3) is 3.05. The highest BCUT2D eigenvalue weighted by Crippen LogP contribution is 2.22. The molecule has 2 rings (SSSR count). The summed E-state index contributed by atoms with van der Waals surface area (Å²) in [5.74, 6) is 0.588. The Hall–Kier alpha value is -1.38. The van der Waals surface area contributed by atoms with Crippen LogP contribution in [0.25, 0.3) is 0 Å². The summed E-state index contributed by atoms with van der Waals surface area (Å²) >= 11 is 0. The van der Waals surface area contributed by atoms with Crippen molar-refractivity contribution < 1.29 is 4.79 Å². The first-order valence-electron chi connectivity index (χ1n) is 6.49. The van der Waals surface area contributed by atoms with Crippen LogP contribution >= 0.6 is 0 Å². The molecular weight excluding hydrogens is 212 g/mol. The lowest BCUT2D eigenvalue weighted by molar-refractivity contribution is -0.138. The summed E-state index contributed by atoms with van der Waals surface area (Å²) in [5.41, 5.74) is 1.28. The van der Waals surface area contributed by atoms with Gasteiger partial charge in [0.15, 0.2) is 0 Å². The smallest absolute Gasteiger partial charge is 0.225 e. The quantitative estimate of drug-likeness (QED) is 0.798. The maximum absolute atomic E-state index is 12.1. The van der Waals surface area contributed by atoms with Gasteiger partial charge in [-0.2, -0.15) is 0 Å². The number of hydrogen-bond acceptors (Lipinski definition) is 2. The van der Waals surface area contributed by atoms with Gasteiger partial charge in [-0.1, -0.05) is 0 Å². The van der Waals surface area contributed by atoms with Crippen LogP contribution in [-0.4, -0.2) is 28.9 Å². The van der Waals surface area contributed by atoms with Crippen LogP contribution in [-0.2, 0) is 11.2 Å². The van der Waals surface area contributed by atoms with E-state index in [0.717, 1.165) is 38.8 Å². The molecule has 0 radical (unpaired) electrons. The number of piperidine rings is 1. The molecule has 1 aliphatic rings. The van der Waals surface area contributed by atoms with Crippen LogP contribution in [0.4, 0.5) is 0 Å². The van der Waals surface area contributed by atoms with Gasteiger partial charge in [-0.25, -0.2) is 0 Å². The SMILES string of the molecule is CCN1CCCC(CCc2ccncc2)C1=O. The van der Waals surface area contributed by atoms with E-state index in [0.29, 0.717) is 5.91 Å². The number of likely N-dealkylation sites (tertiary alicyclic amines) is 1. The average Bonchev–Trinajstić information content (AvgIpc) is 2.39. The van der Waals surface area contributed by atoms with E-state index < -0.39 is 0 Å². The number of aryl methyl sites for hydroxylation is 1. The average molecular weight is 232 g/mol. The topological polar surface area (TPSA) is 33.2 Å². The van der Waals surface area contributed by atoms with Crippen molar-refractivity contribution in [1.82, 2.24) is 9.88 Å². The molecule has 0 spiro atoms. The summed E-state index contributed by atoms with van der Waals surface area (Å²) in [4.78, 5) is 18.1. The van der Waals surface area contributed by atoms with Gasteiger partial charge < -0.3 is 4.90 Å². The lowest BCUT2D eigenvalue weighted by atomic mass is 9.91. The summed E-state index contributed by atoms with van der Waals surface area (Å²) in [5, 5.41) is 0. The van der Waals surface area contributed by atoms with Gasteiger partial charge in [-0.05, 0) is 50.3 Å². The van der Waals surface area contributed by atoms with E-state index in [4.69, 9.17) is 0 Å². The molecule has 1 aliphatic heterocycles. The van der Waals surface area contributed by atoms with E-state index in [-0.39, 0.29) is 5.92 Å². The standard InChI is InChI=1S/C14H20N2O/c1-2-16-11-3-4-13(14(16)17)6-5-12-7-9-15-10-8-12/h7-10,13H,2-6,11H2,1H3. The van der Waals surface area contributed by atoms with Crippen LogP contribution in [0.1, 0.15) is 31.7 Å². The molecule has 1 aromatic heterocycles. The fourth-order valence-corrected chi connectivity index (χ4v) is 2.49. The number of carbonyl (C=O) groups is 1. The Kier molecular flexibility index (Phi) is 4.13. The number of rotatable bonds is 4. The molecular formula is C14H20N2O. The Morgan fingerprint density at radius 2 is 2.18 bits per heavy atom. The maximum Gasteiger partial charge on any atom is 0.225 e. The van der Waals surface area contributed by atoms with Gasteiger partial charge in [0, 0.05) is 31.4 Å². The van der Waals surface area contributed by atoms with E-state index in [9.17, 15) is 4.79 Å². The number of hydrogen-bond donors (Lipinski definition) is 0. The van der Waals surface area contributed by atoms with Gasteiger partial charge in [0.25, 0.3) is 0 Å². The Balaban J connectivity index is 1.88. The van der Waals surface area contributed by atoms with E-state index in [1.54, 1.807) is 0 Å². The van der Waals surface area contributed by atoms with Crippen LogP contribution in [0.2, 0.25) is 0 Å². The molecule has 0 aliphatic carbocycles.